The molecule has 3 aromatic rings. The van der Waals surface area contributed by atoms with E-state index in [0.29, 0.717) is 24.0 Å². The van der Waals surface area contributed by atoms with E-state index in [9.17, 15) is 4.79 Å². The van der Waals surface area contributed by atoms with Gasteiger partial charge in [-0.1, -0.05) is 0 Å². The summed E-state index contributed by atoms with van der Waals surface area (Å²) in [6.45, 7) is 2.56. The number of benzene rings is 2. The first kappa shape index (κ1) is 16.2. The van der Waals surface area contributed by atoms with Gasteiger partial charge in [-0.05, 0) is 68.7 Å². The molecule has 1 saturated carbocycles. The first-order valence-electron chi connectivity index (χ1n) is 9.57. The molecule has 2 aromatic carbocycles. The normalized spacial score (nSPS) is 19.9. The molecular weight excluding hydrogens is 338 g/mol. The molecule has 5 heteroatoms. The molecule has 2 unspecified atom stereocenters. The van der Waals surface area contributed by atoms with Gasteiger partial charge in [-0.3, -0.25) is 4.79 Å². The monoisotopic (exact) mass is 359 g/mol. The van der Waals surface area contributed by atoms with E-state index in [2.05, 4.69) is 5.32 Å². The fraction of sp³-hybridized carbons (Fsp3) is 0.318. The standard InChI is InChI=1S/C22H21N3O2/c1-2-27-17-8-6-16(7-9-17)23-22(26)15-5-10-18-19(12-15)25-21-14-4-3-13(11-14)20(21)24-18/h5-10,12-14H,2-4,11H2,1H3,(H,23,26). The van der Waals surface area contributed by atoms with Gasteiger partial charge in [-0.15, -0.1) is 0 Å². The highest BCUT2D eigenvalue weighted by Gasteiger charge is 2.39. The van der Waals surface area contributed by atoms with Crippen LogP contribution in [0.25, 0.3) is 11.0 Å². The minimum absolute atomic E-state index is 0.148. The van der Waals surface area contributed by atoms with Crippen LogP contribution in [-0.4, -0.2) is 22.5 Å². The van der Waals surface area contributed by atoms with E-state index in [0.717, 1.165) is 28.2 Å². The highest BCUT2D eigenvalue weighted by Crippen LogP contribution is 2.51. The van der Waals surface area contributed by atoms with Gasteiger partial charge in [0.1, 0.15) is 5.75 Å². The molecule has 5 nitrogen and oxygen atoms in total. The Morgan fingerprint density at radius 1 is 1.04 bits per heavy atom. The maximum atomic E-state index is 12.6. The zero-order valence-corrected chi connectivity index (χ0v) is 15.2. The number of aromatic nitrogens is 2. The summed E-state index contributed by atoms with van der Waals surface area (Å²) < 4.78 is 5.43. The third kappa shape index (κ3) is 2.83. The van der Waals surface area contributed by atoms with Crippen molar-refractivity contribution in [3.8, 4) is 5.75 Å². The highest BCUT2D eigenvalue weighted by molar-refractivity contribution is 6.05. The second-order valence-electron chi connectivity index (χ2n) is 7.32. The van der Waals surface area contributed by atoms with Crippen LogP contribution < -0.4 is 10.1 Å². The van der Waals surface area contributed by atoms with Crippen LogP contribution >= 0.6 is 0 Å². The Kier molecular flexibility index (Phi) is 3.81. The minimum Gasteiger partial charge on any atom is -0.494 e. The summed E-state index contributed by atoms with van der Waals surface area (Å²) in [5.74, 6) is 1.79. The summed E-state index contributed by atoms with van der Waals surface area (Å²) >= 11 is 0. The fourth-order valence-corrected chi connectivity index (χ4v) is 4.31. The molecule has 5 rings (SSSR count). The van der Waals surface area contributed by atoms with E-state index >= 15 is 0 Å². The molecule has 0 spiro atoms. The zero-order chi connectivity index (χ0) is 18.4. The van der Waals surface area contributed by atoms with Crippen molar-refractivity contribution >= 4 is 22.6 Å². The molecule has 1 amide bonds. The Morgan fingerprint density at radius 3 is 2.44 bits per heavy atom. The Morgan fingerprint density at radius 2 is 1.74 bits per heavy atom. The van der Waals surface area contributed by atoms with Crippen LogP contribution in [0.4, 0.5) is 5.69 Å². The smallest absolute Gasteiger partial charge is 0.255 e. The quantitative estimate of drug-likeness (QED) is 0.737. The van der Waals surface area contributed by atoms with Crippen molar-refractivity contribution < 1.29 is 9.53 Å². The lowest BCUT2D eigenvalue weighted by atomic mass is 10.00. The molecule has 0 aliphatic heterocycles. The first-order chi connectivity index (χ1) is 13.2. The van der Waals surface area contributed by atoms with Crippen LogP contribution in [0, 0.1) is 0 Å². The van der Waals surface area contributed by atoms with Crippen LogP contribution in [0.3, 0.4) is 0 Å². The number of amides is 1. The zero-order valence-electron chi connectivity index (χ0n) is 15.2. The van der Waals surface area contributed by atoms with E-state index in [1.165, 1.54) is 25.0 Å². The van der Waals surface area contributed by atoms with Crippen LogP contribution in [0.1, 0.15) is 59.8 Å². The number of nitrogens with zero attached hydrogens (tertiary/aromatic N) is 2. The van der Waals surface area contributed by atoms with Crippen molar-refractivity contribution in [3.05, 3.63) is 59.4 Å². The molecule has 0 saturated heterocycles. The Hall–Kier alpha value is -2.95. The van der Waals surface area contributed by atoms with E-state index in [-0.39, 0.29) is 5.91 Å². The van der Waals surface area contributed by atoms with Crippen molar-refractivity contribution in [2.45, 2.75) is 38.0 Å². The summed E-state index contributed by atoms with van der Waals surface area (Å²) in [6.07, 6.45) is 3.65. The molecule has 0 radical (unpaired) electrons. The molecule has 1 N–H and O–H groups in total. The molecule has 1 aromatic heterocycles. The average molecular weight is 359 g/mol. The Labute approximate surface area is 157 Å². The van der Waals surface area contributed by atoms with Crippen molar-refractivity contribution in [1.82, 2.24) is 9.97 Å². The number of carbonyl (C=O) groups is 1. The third-order valence-electron chi connectivity index (χ3n) is 5.61. The van der Waals surface area contributed by atoms with Crippen LogP contribution in [0.5, 0.6) is 5.75 Å². The Bertz CT molecular complexity index is 1030. The summed E-state index contributed by atoms with van der Waals surface area (Å²) in [6, 6.07) is 13.0. The minimum atomic E-state index is -0.148. The van der Waals surface area contributed by atoms with Gasteiger partial charge in [0.25, 0.3) is 5.91 Å². The van der Waals surface area contributed by atoms with E-state index in [4.69, 9.17) is 14.7 Å². The lowest BCUT2D eigenvalue weighted by molar-refractivity contribution is 0.102. The van der Waals surface area contributed by atoms with Gasteiger partial charge in [0.15, 0.2) is 0 Å². The van der Waals surface area contributed by atoms with Gasteiger partial charge in [0.2, 0.25) is 0 Å². The van der Waals surface area contributed by atoms with Crippen LogP contribution in [-0.2, 0) is 0 Å². The number of hydrogen-bond acceptors (Lipinski definition) is 4. The first-order valence-corrected chi connectivity index (χ1v) is 9.57. The third-order valence-corrected chi connectivity index (χ3v) is 5.61. The molecule has 2 bridgehead atoms. The van der Waals surface area contributed by atoms with Gasteiger partial charge in [-0.25, -0.2) is 9.97 Å². The molecular formula is C22H21N3O2. The average Bonchev–Trinajstić information content (AvgIpc) is 3.30. The lowest BCUT2D eigenvalue weighted by Crippen LogP contribution is -2.12. The molecule has 27 heavy (non-hydrogen) atoms. The van der Waals surface area contributed by atoms with E-state index in [1.807, 2.05) is 49.4 Å². The lowest BCUT2D eigenvalue weighted by Gasteiger charge is -2.14. The maximum Gasteiger partial charge on any atom is 0.255 e. The van der Waals surface area contributed by atoms with Gasteiger partial charge < -0.3 is 10.1 Å². The number of anilines is 1. The van der Waals surface area contributed by atoms with Gasteiger partial charge in [0.05, 0.1) is 29.0 Å². The number of hydrogen-bond donors (Lipinski definition) is 1. The van der Waals surface area contributed by atoms with Crippen LogP contribution in [0.15, 0.2) is 42.5 Å². The molecule has 2 atom stereocenters. The number of ether oxygens (including phenoxy) is 1. The molecule has 136 valence electrons. The van der Waals surface area contributed by atoms with Crippen LogP contribution in [0.2, 0.25) is 0 Å². The molecule has 1 heterocycles. The van der Waals surface area contributed by atoms with Crippen molar-refractivity contribution in [2.24, 2.45) is 0 Å². The van der Waals surface area contributed by atoms with E-state index in [1.54, 1.807) is 0 Å². The molecule has 2 aliphatic carbocycles. The number of rotatable bonds is 4. The number of nitrogens with one attached hydrogen (secondary N) is 1. The largest absolute Gasteiger partial charge is 0.494 e. The van der Waals surface area contributed by atoms with Crippen molar-refractivity contribution in [2.75, 3.05) is 11.9 Å². The molecule has 2 aliphatic rings. The second kappa shape index (κ2) is 6.34. The predicted octanol–water partition coefficient (Wildman–Crippen LogP) is 4.65. The summed E-state index contributed by atoms with van der Waals surface area (Å²) in [5.41, 5.74) is 5.35. The summed E-state index contributed by atoms with van der Waals surface area (Å²) in [5, 5.41) is 2.93. The maximum absolute atomic E-state index is 12.6. The number of carbonyl (C=O) groups excluding carboxylic acids is 1. The summed E-state index contributed by atoms with van der Waals surface area (Å²) in [4.78, 5) is 22.3. The van der Waals surface area contributed by atoms with E-state index < -0.39 is 0 Å². The van der Waals surface area contributed by atoms with Gasteiger partial charge in [0, 0.05) is 23.1 Å². The van der Waals surface area contributed by atoms with Gasteiger partial charge >= 0.3 is 0 Å². The SMILES string of the molecule is CCOc1ccc(NC(=O)c2ccc3nc4c(nc3c2)C2CCC4C2)cc1. The van der Waals surface area contributed by atoms with Crippen molar-refractivity contribution in [3.63, 3.8) is 0 Å². The topological polar surface area (TPSA) is 64.1 Å². The summed E-state index contributed by atoms with van der Waals surface area (Å²) in [7, 11) is 0. The van der Waals surface area contributed by atoms with Crippen molar-refractivity contribution in [1.29, 1.82) is 0 Å². The Balaban J connectivity index is 1.40. The molecule has 1 fully saturated rings. The highest BCUT2D eigenvalue weighted by atomic mass is 16.5. The van der Waals surface area contributed by atoms with Gasteiger partial charge in [-0.2, -0.15) is 0 Å². The second-order valence-corrected chi connectivity index (χ2v) is 7.32. The fourth-order valence-electron chi connectivity index (χ4n) is 4.31. The number of fused-ring (bicyclic) bond motifs is 6. The predicted molar refractivity (Wildman–Crippen MR) is 104 cm³/mol.